The Kier molecular flexibility index (Phi) is 9.88. The number of amides is 1. The van der Waals surface area contributed by atoms with Crippen LogP contribution in [0.3, 0.4) is 0 Å². The van der Waals surface area contributed by atoms with Crippen LogP contribution in [-0.2, 0) is 4.74 Å². The Labute approximate surface area is 127 Å². The molecule has 0 aliphatic carbocycles. The number of anilines is 1. The third-order valence-electron chi connectivity index (χ3n) is 2.77. The number of rotatable bonds is 7. The second-order valence-corrected chi connectivity index (χ2v) is 4.17. The lowest BCUT2D eigenvalue weighted by molar-refractivity contribution is 0.0741. The molecule has 0 fully saturated rings. The van der Waals surface area contributed by atoms with Crippen LogP contribution in [0.4, 0.5) is 5.69 Å². The molecule has 0 unspecified atom stereocenters. The highest BCUT2D eigenvalue weighted by Gasteiger charge is 2.16. The van der Waals surface area contributed by atoms with Gasteiger partial charge in [-0.05, 0) is 25.1 Å². The maximum atomic E-state index is 12.3. The number of hydrogen-bond acceptors (Lipinski definition) is 4. The lowest BCUT2D eigenvalue weighted by Gasteiger charge is -2.18. The van der Waals surface area contributed by atoms with Gasteiger partial charge in [0, 0.05) is 38.5 Å². The lowest BCUT2D eigenvalue weighted by atomic mass is 10.1. The summed E-state index contributed by atoms with van der Waals surface area (Å²) >= 11 is 0. The molecule has 1 aromatic rings. The van der Waals surface area contributed by atoms with Crippen LogP contribution in [-0.4, -0.2) is 50.9 Å². The number of benzene rings is 1. The quantitative estimate of drug-likeness (QED) is 0.786. The lowest BCUT2D eigenvalue weighted by Crippen LogP contribution is -2.30. The van der Waals surface area contributed by atoms with Gasteiger partial charge in [0.05, 0.1) is 12.2 Å². The van der Waals surface area contributed by atoms with E-state index in [1.54, 1.807) is 37.3 Å². The fourth-order valence-corrected chi connectivity index (χ4v) is 1.69. The second kappa shape index (κ2) is 10.9. The molecule has 0 aromatic heterocycles. The highest BCUT2D eigenvalue weighted by molar-refractivity contribution is 6.02. The summed E-state index contributed by atoms with van der Waals surface area (Å²) in [6, 6.07) is 5.15. The van der Waals surface area contributed by atoms with Gasteiger partial charge in [0.2, 0.25) is 0 Å². The average molecular weight is 294 g/mol. The first kappa shape index (κ1) is 19.1. The summed E-state index contributed by atoms with van der Waals surface area (Å²) in [4.78, 5) is 24.8. The number of ether oxygens (including phenoxy) is 1. The van der Waals surface area contributed by atoms with Crippen molar-refractivity contribution >= 4 is 17.9 Å². The summed E-state index contributed by atoms with van der Waals surface area (Å²) in [6.07, 6.45) is 0.702. The van der Waals surface area contributed by atoms with Gasteiger partial charge in [0.1, 0.15) is 0 Å². The van der Waals surface area contributed by atoms with E-state index in [1.165, 1.54) is 0 Å². The summed E-state index contributed by atoms with van der Waals surface area (Å²) < 4.78 is 4.94. The molecule has 0 aliphatic rings. The summed E-state index contributed by atoms with van der Waals surface area (Å²) in [6.45, 7) is 7.68. The molecule has 1 aromatic carbocycles. The first-order valence-electron chi connectivity index (χ1n) is 7.21. The van der Waals surface area contributed by atoms with E-state index in [0.717, 1.165) is 12.2 Å². The van der Waals surface area contributed by atoms with Crippen molar-refractivity contribution in [3.63, 3.8) is 0 Å². The maximum Gasteiger partial charge on any atom is 0.254 e. The number of nitrogens with zero attached hydrogens (tertiary/aromatic N) is 1. The minimum Gasteiger partial charge on any atom is -0.385 e. The molecule has 0 atom stereocenters. The zero-order valence-electron chi connectivity index (χ0n) is 13.6. The largest absolute Gasteiger partial charge is 0.385 e. The van der Waals surface area contributed by atoms with E-state index in [2.05, 4.69) is 5.32 Å². The van der Waals surface area contributed by atoms with Gasteiger partial charge in [-0.15, -0.1) is 0 Å². The molecule has 0 spiro atoms. The number of likely N-dealkylation sites (N-methyl/N-ethyl adjacent to an activating group) is 1. The van der Waals surface area contributed by atoms with E-state index in [-0.39, 0.29) is 5.91 Å². The Bertz CT molecular complexity index is 447. The molecule has 1 N–H and O–H groups in total. The van der Waals surface area contributed by atoms with Crippen LogP contribution in [0.25, 0.3) is 0 Å². The fraction of sp³-hybridized carbons (Fsp3) is 0.500. The molecule has 0 aliphatic heterocycles. The predicted molar refractivity (Wildman–Crippen MR) is 86.2 cm³/mol. The van der Waals surface area contributed by atoms with Crippen LogP contribution < -0.4 is 5.32 Å². The van der Waals surface area contributed by atoms with Crippen molar-refractivity contribution < 1.29 is 14.3 Å². The SMILES string of the molecule is CC.CCNc1ccc(C=O)c(C(=O)N(C)CCOC)c1. The third kappa shape index (κ3) is 5.95. The van der Waals surface area contributed by atoms with Gasteiger partial charge in [0.15, 0.2) is 6.29 Å². The molecule has 5 heteroatoms. The number of carbonyl (C=O) groups is 2. The predicted octanol–water partition coefficient (Wildman–Crippen LogP) is 2.68. The van der Waals surface area contributed by atoms with E-state index in [0.29, 0.717) is 30.6 Å². The molecule has 0 radical (unpaired) electrons. The smallest absolute Gasteiger partial charge is 0.254 e. The zero-order valence-corrected chi connectivity index (χ0v) is 13.6. The summed E-state index contributed by atoms with van der Waals surface area (Å²) in [5.74, 6) is -0.182. The Morgan fingerprint density at radius 1 is 1.38 bits per heavy atom. The Hall–Kier alpha value is -1.88. The molecule has 0 saturated carbocycles. The van der Waals surface area contributed by atoms with Crippen molar-refractivity contribution in [2.45, 2.75) is 20.8 Å². The fourth-order valence-electron chi connectivity index (χ4n) is 1.69. The number of aldehydes is 1. The monoisotopic (exact) mass is 294 g/mol. The minimum absolute atomic E-state index is 0.182. The van der Waals surface area contributed by atoms with Crippen LogP contribution in [0.2, 0.25) is 0 Å². The van der Waals surface area contributed by atoms with Crippen LogP contribution in [0.5, 0.6) is 0 Å². The Morgan fingerprint density at radius 3 is 2.57 bits per heavy atom. The van der Waals surface area contributed by atoms with Crippen LogP contribution >= 0.6 is 0 Å². The number of hydrogen-bond donors (Lipinski definition) is 1. The van der Waals surface area contributed by atoms with Crippen LogP contribution in [0, 0.1) is 0 Å². The third-order valence-corrected chi connectivity index (χ3v) is 2.77. The highest BCUT2D eigenvalue weighted by Crippen LogP contribution is 2.16. The van der Waals surface area contributed by atoms with E-state index >= 15 is 0 Å². The van der Waals surface area contributed by atoms with Gasteiger partial charge in [-0.2, -0.15) is 0 Å². The van der Waals surface area contributed by atoms with Gasteiger partial charge < -0.3 is 15.0 Å². The van der Waals surface area contributed by atoms with Crippen LogP contribution in [0.15, 0.2) is 18.2 Å². The average Bonchev–Trinajstić information content (AvgIpc) is 2.54. The van der Waals surface area contributed by atoms with E-state index < -0.39 is 0 Å². The van der Waals surface area contributed by atoms with Crippen molar-refractivity contribution in [2.24, 2.45) is 0 Å². The van der Waals surface area contributed by atoms with E-state index in [9.17, 15) is 9.59 Å². The molecule has 1 rings (SSSR count). The zero-order chi connectivity index (χ0) is 16.3. The summed E-state index contributed by atoms with van der Waals surface area (Å²) in [5.41, 5.74) is 1.64. The van der Waals surface area contributed by atoms with E-state index in [1.807, 2.05) is 20.8 Å². The van der Waals surface area contributed by atoms with Crippen molar-refractivity contribution in [1.82, 2.24) is 4.90 Å². The Balaban J connectivity index is 0.00000191. The van der Waals surface area contributed by atoms with Crippen molar-refractivity contribution in [3.05, 3.63) is 29.3 Å². The molecule has 0 bridgehead atoms. The molecular formula is C16H26N2O3. The van der Waals surface area contributed by atoms with Crippen LogP contribution in [0.1, 0.15) is 41.5 Å². The van der Waals surface area contributed by atoms with Crippen molar-refractivity contribution in [2.75, 3.05) is 39.2 Å². The first-order chi connectivity index (χ1) is 10.1. The van der Waals surface area contributed by atoms with Gasteiger partial charge in [0.25, 0.3) is 5.91 Å². The van der Waals surface area contributed by atoms with Gasteiger partial charge in [-0.1, -0.05) is 13.8 Å². The normalized spacial score (nSPS) is 9.38. The summed E-state index contributed by atoms with van der Waals surface area (Å²) in [7, 11) is 3.27. The van der Waals surface area contributed by atoms with Gasteiger partial charge in [-0.3, -0.25) is 9.59 Å². The topological polar surface area (TPSA) is 58.6 Å². The minimum atomic E-state index is -0.182. The van der Waals surface area contributed by atoms with Crippen molar-refractivity contribution in [3.8, 4) is 0 Å². The molecule has 0 saturated heterocycles. The van der Waals surface area contributed by atoms with Gasteiger partial charge in [-0.25, -0.2) is 0 Å². The number of methoxy groups -OCH3 is 1. The van der Waals surface area contributed by atoms with E-state index in [4.69, 9.17) is 4.74 Å². The van der Waals surface area contributed by atoms with Gasteiger partial charge >= 0.3 is 0 Å². The number of carbonyl (C=O) groups excluding carboxylic acids is 2. The Morgan fingerprint density at radius 2 is 2.05 bits per heavy atom. The highest BCUT2D eigenvalue weighted by atomic mass is 16.5. The summed E-state index contributed by atoms with van der Waals surface area (Å²) in [5, 5.41) is 3.12. The van der Waals surface area contributed by atoms with Crippen molar-refractivity contribution in [1.29, 1.82) is 0 Å². The molecular weight excluding hydrogens is 268 g/mol. The first-order valence-corrected chi connectivity index (χ1v) is 7.21. The molecule has 0 heterocycles. The maximum absolute atomic E-state index is 12.3. The molecule has 21 heavy (non-hydrogen) atoms. The second-order valence-electron chi connectivity index (χ2n) is 4.17. The standard InChI is InChI=1S/C14H20N2O3.C2H6/c1-4-15-12-6-5-11(10-17)13(9-12)14(18)16(2)7-8-19-3;1-2/h5-6,9-10,15H,4,7-8H2,1-3H3;1-2H3. The number of nitrogens with one attached hydrogen (secondary N) is 1. The molecule has 5 nitrogen and oxygen atoms in total. The molecule has 1 amide bonds. The molecule has 118 valence electrons.